The number of aliphatic hydroxyl groups is 1. The van der Waals surface area contributed by atoms with Crippen LogP contribution in [0.2, 0.25) is 0 Å². The lowest BCUT2D eigenvalue weighted by molar-refractivity contribution is 0.132. The number of halogens is 1. The van der Waals surface area contributed by atoms with Gasteiger partial charge in [0.1, 0.15) is 5.82 Å². The maximum absolute atomic E-state index is 13.6. The third-order valence-corrected chi connectivity index (χ3v) is 3.90. The van der Waals surface area contributed by atoms with Crippen LogP contribution in [0, 0.1) is 5.82 Å². The second-order valence-electron chi connectivity index (χ2n) is 5.41. The van der Waals surface area contributed by atoms with Crippen LogP contribution >= 0.6 is 0 Å². The van der Waals surface area contributed by atoms with Crippen LogP contribution in [0.25, 0.3) is 10.9 Å². The fraction of sp³-hybridized carbons (Fsp3) is 0.222. The normalized spacial score (nSPS) is 14.1. The van der Waals surface area contributed by atoms with E-state index in [-0.39, 0.29) is 11.9 Å². The van der Waals surface area contributed by atoms with E-state index in [2.05, 4.69) is 5.32 Å². The zero-order chi connectivity index (χ0) is 15.5. The molecule has 2 N–H and O–H groups in total. The van der Waals surface area contributed by atoms with Gasteiger partial charge in [0.2, 0.25) is 0 Å². The monoisotopic (exact) mass is 298 g/mol. The number of likely N-dealkylation sites (N-methyl/N-ethyl adjacent to an activating group) is 1. The predicted octanol–water partition coefficient (Wildman–Crippen LogP) is 2.95. The molecule has 1 aromatic heterocycles. The van der Waals surface area contributed by atoms with Crippen LogP contribution in [-0.4, -0.2) is 29.4 Å². The van der Waals surface area contributed by atoms with E-state index in [9.17, 15) is 9.50 Å². The van der Waals surface area contributed by atoms with Crippen LogP contribution in [-0.2, 0) is 0 Å². The first-order valence-corrected chi connectivity index (χ1v) is 7.34. The zero-order valence-electron chi connectivity index (χ0n) is 12.4. The van der Waals surface area contributed by atoms with Gasteiger partial charge in [0.05, 0.1) is 17.7 Å². The molecule has 0 fully saturated rings. The van der Waals surface area contributed by atoms with Gasteiger partial charge in [-0.05, 0) is 42.3 Å². The third kappa shape index (κ3) is 2.75. The van der Waals surface area contributed by atoms with Crippen molar-refractivity contribution < 1.29 is 9.50 Å². The third-order valence-electron chi connectivity index (χ3n) is 3.90. The molecule has 0 radical (unpaired) electrons. The summed E-state index contributed by atoms with van der Waals surface area (Å²) in [6.07, 6.45) is 1.28. The fourth-order valence-electron chi connectivity index (χ4n) is 2.90. The van der Waals surface area contributed by atoms with Crippen LogP contribution < -0.4 is 5.32 Å². The Morgan fingerprint density at radius 2 is 1.91 bits per heavy atom. The Morgan fingerprint density at radius 1 is 1.14 bits per heavy atom. The summed E-state index contributed by atoms with van der Waals surface area (Å²) < 4.78 is 15.6. The van der Waals surface area contributed by atoms with Crippen molar-refractivity contribution in [1.82, 2.24) is 9.88 Å². The van der Waals surface area contributed by atoms with Crippen LogP contribution in [0.5, 0.6) is 0 Å². The van der Waals surface area contributed by atoms with Crippen molar-refractivity contribution >= 4 is 10.9 Å². The number of fused-ring (bicyclic) bond motifs is 1. The molecule has 1 heterocycles. The first-order valence-electron chi connectivity index (χ1n) is 7.34. The molecule has 0 aliphatic rings. The fourth-order valence-corrected chi connectivity index (χ4v) is 2.90. The van der Waals surface area contributed by atoms with Crippen molar-refractivity contribution in [2.75, 3.05) is 13.6 Å². The van der Waals surface area contributed by atoms with Crippen LogP contribution in [0.4, 0.5) is 4.39 Å². The van der Waals surface area contributed by atoms with Crippen molar-refractivity contribution in [2.45, 2.75) is 12.1 Å². The van der Waals surface area contributed by atoms with Gasteiger partial charge in [0.15, 0.2) is 0 Å². The van der Waals surface area contributed by atoms with Gasteiger partial charge in [0, 0.05) is 12.7 Å². The Labute approximate surface area is 129 Å². The van der Waals surface area contributed by atoms with Gasteiger partial charge in [0.25, 0.3) is 0 Å². The highest BCUT2D eigenvalue weighted by atomic mass is 19.1. The van der Waals surface area contributed by atoms with E-state index in [0.717, 1.165) is 16.5 Å². The van der Waals surface area contributed by atoms with E-state index in [1.165, 1.54) is 12.1 Å². The SMILES string of the molecule is CNCC(O)C(c1ccccc1)n1ccc2ccc(F)cc21. The highest BCUT2D eigenvalue weighted by Crippen LogP contribution is 2.28. The molecule has 0 amide bonds. The van der Waals surface area contributed by atoms with E-state index in [1.807, 2.05) is 47.2 Å². The zero-order valence-corrected chi connectivity index (χ0v) is 12.4. The molecular weight excluding hydrogens is 279 g/mol. The number of nitrogens with one attached hydrogen (secondary N) is 1. The number of nitrogens with zero attached hydrogens (tertiary/aromatic N) is 1. The Morgan fingerprint density at radius 3 is 2.64 bits per heavy atom. The summed E-state index contributed by atoms with van der Waals surface area (Å²) in [5.41, 5.74) is 1.77. The van der Waals surface area contributed by atoms with Crippen molar-refractivity contribution in [3.05, 3.63) is 72.2 Å². The lowest BCUT2D eigenvalue weighted by Gasteiger charge is -2.26. The molecule has 2 aromatic carbocycles. The molecule has 0 saturated carbocycles. The second-order valence-corrected chi connectivity index (χ2v) is 5.41. The second kappa shape index (κ2) is 6.30. The molecule has 0 aliphatic carbocycles. The number of rotatable bonds is 5. The highest BCUT2D eigenvalue weighted by molar-refractivity contribution is 5.80. The van der Waals surface area contributed by atoms with Gasteiger partial charge in [-0.3, -0.25) is 0 Å². The number of hydrogen-bond donors (Lipinski definition) is 2. The highest BCUT2D eigenvalue weighted by Gasteiger charge is 2.23. The molecular formula is C18H19FN2O. The number of aliphatic hydroxyl groups excluding tert-OH is 1. The van der Waals surface area contributed by atoms with Crippen molar-refractivity contribution in [3.63, 3.8) is 0 Å². The van der Waals surface area contributed by atoms with Gasteiger partial charge in [-0.2, -0.15) is 0 Å². The minimum Gasteiger partial charge on any atom is -0.389 e. The quantitative estimate of drug-likeness (QED) is 0.760. The molecule has 3 aromatic rings. The Bertz CT molecular complexity index is 754. The lowest BCUT2D eigenvalue weighted by atomic mass is 10.0. The molecule has 3 nitrogen and oxygen atoms in total. The Kier molecular flexibility index (Phi) is 4.22. The number of aromatic nitrogens is 1. The smallest absolute Gasteiger partial charge is 0.125 e. The van der Waals surface area contributed by atoms with Gasteiger partial charge < -0.3 is 15.0 Å². The van der Waals surface area contributed by atoms with E-state index >= 15 is 0 Å². The lowest BCUT2D eigenvalue weighted by Crippen LogP contribution is -2.33. The van der Waals surface area contributed by atoms with Crippen LogP contribution in [0.15, 0.2) is 60.8 Å². The van der Waals surface area contributed by atoms with E-state index < -0.39 is 6.10 Å². The molecule has 0 saturated heterocycles. The number of benzene rings is 2. The largest absolute Gasteiger partial charge is 0.389 e. The topological polar surface area (TPSA) is 37.2 Å². The summed E-state index contributed by atoms with van der Waals surface area (Å²) in [7, 11) is 1.80. The van der Waals surface area contributed by atoms with Gasteiger partial charge >= 0.3 is 0 Å². The molecule has 4 heteroatoms. The molecule has 114 valence electrons. The summed E-state index contributed by atoms with van der Waals surface area (Å²) in [6.45, 7) is 0.453. The van der Waals surface area contributed by atoms with Crippen LogP contribution in [0.1, 0.15) is 11.6 Å². The van der Waals surface area contributed by atoms with Gasteiger partial charge in [-0.15, -0.1) is 0 Å². The minimum absolute atomic E-state index is 0.270. The molecule has 22 heavy (non-hydrogen) atoms. The Balaban J connectivity index is 2.13. The summed E-state index contributed by atoms with van der Waals surface area (Å²) in [5.74, 6) is -0.276. The Hall–Kier alpha value is -2.17. The average molecular weight is 298 g/mol. The van der Waals surface area contributed by atoms with Crippen molar-refractivity contribution in [2.24, 2.45) is 0 Å². The van der Waals surface area contributed by atoms with Crippen LogP contribution in [0.3, 0.4) is 0 Å². The first kappa shape index (κ1) is 14.8. The summed E-state index contributed by atoms with van der Waals surface area (Å²) in [6, 6.07) is 16.2. The molecule has 2 unspecified atom stereocenters. The summed E-state index contributed by atoms with van der Waals surface area (Å²) in [4.78, 5) is 0. The van der Waals surface area contributed by atoms with E-state index in [0.29, 0.717) is 6.54 Å². The maximum Gasteiger partial charge on any atom is 0.125 e. The molecule has 0 spiro atoms. The van der Waals surface area contributed by atoms with E-state index in [1.54, 1.807) is 13.1 Å². The molecule has 0 aliphatic heterocycles. The first-order chi connectivity index (χ1) is 10.7. The molecule has 3 rings (SSSR count). The summed E-state index contributed by atoms with van der Waals surface area (Å²) >= 11 is 0. The standard InChI is InChI=1S/C18H19FN2O/c1-20-12-17(22)18(14-5-3-2-4-6-14)21-10-9-13-7-8-15(19)11-16(13)21/h2-11,17-18,20,22H,12H2,1H3. The maximum atomic E-state index is 13.6. The minimum atomic E-state index is -0.619. The average Bonchev–Trinajstić information content (AvgIpc) is 2.92. The molecule has 2 atom stereocenters. The van der Waals surface area contributed by atoms with E-state index in [4.69, 9.17) is 0 Å². The van der Waals surface area contributed by atoms with Crippen molar-refractivity contribution in [1.29, 1.82) is 0 Å². The number of hydrogen-bond acceptors (Lipinski definition) is 2. The summed E-state index contributed by atoms with van der Waals surface area (Å²) in [5, 5.41) is 14.5. The molecule has 0 bridgehead atoms. The van der Waals surface area contributed by atoms with Gasteiger partial charge in [-0.25, -0.2) is 4.39 Å². The van der Waals surface area contributed by atoms with Crippen molar-refractivity contribution in [3.8, 4) is 0 Å². The predicted molar refractivity (Wildman–Crippen MR) is 86.4 cm³/mol. The van der Waals surface area contributed by atoms with Gasteiger partial charge in [-0.1, -0.05) is 30.3 Å².